The number of rotatable bonds is 6. The highest BCUT2D eigenvalue weighted by Crippen LogP contribution is 2.20. The van der Waals surface area contributed by atoms with Crippen LogP contribution >= 0.6 is 0 Å². The summed E-state index contributed by atoms with van der Waals surface area (Å²) in [5.41, 5.74) is 1.95. The zero-order valence-corrected chi connectivity index (χ0v) is 15.1. The summed E-state index contributed by atoms with van der Waals surface area (Å²) in [6, 6.07) is 13.3. The lowest BCUT2D eigenvalue weighted by Crippen LogP contribution is -2.46. The van der Waals surface area contributed by atoms with Gasteiger partial charge in [-0.25, -0.2) is 0 Å². The molecule has 0 saturated carbocycles. The van der Waals surface area contributed by atoms with Gasteiger partial charge in [-0.3, -0.25) is 19.5 Å². The Morgan fingerprint density at radius 1 is 1.04 bits per heavy atom. The summed E-state index contributed by atoms with van der Waals surface area (Å²) >= 11 is 0. The predicted molar refractivity (Wildman–Crippen MR) is 101 cm³/mol. The van der Waals surface area contributed by atoms with E-state index >= 15 is 0 Å². The maximum absolute atomic E-state index is 12.2. The van der Waals surface area contributed by atoms with Crippen molar-refractivity contribution in [3.63, 3.8) is 0 Å². The fourth-order valence-electron chi connectivity index (χ4n) is 3.05. The van der Waals surface area contributed by atoms with Crippen molar-refractivity contribution >= 4 is 11.8 Å². The van der Waals surface area contributed by atoms with Crippen LogP contribution in [-0.4, -0.2) is 54.5 Å². The Bertz CT molecular complexity index is 733. The number of hydrogen-bond donors (Lipinski definition) is 2. The number of pyridine rings is 1. The number of carbonyl (C=O) groups excluding carboxylic acids is 2. The highest BCUT2D eigenvalue weighted by molar-refractivity contribution is 6.35. The summed E-state index contributed by atoms with van der Waals surface area (Å²) < 4.78 is 5.41. The molecule has 2 aromatic rings. The van der Waals surface area contributed by atoms with Crippen LogP contribution in [0.25, 0.3) is 0 Å². The quantitative estimate of drug-likeness (QED) is 0.740. The van der Waals surface area contributed by atoms with Gasteiger partial charge in [-0.05, 0) is 17.2 Å². The third-order valence-corrected chi connectivity index (χ3v) is 4.51. The van der Waals surface area contributed by atoms with Gasteiger partial charge < -0.3 is 15.4 Å². The molecule has 7 heteroatoms. The van der Waals surface area contributed by atoms with Gasteiger partial charge in [-0.2, -0.15) is 0 Å². The summed E-state index contributed by atoms with van der Waals surface area (Å²) in [6.45, 7) is 3.52. The van der Waals surface area contributed by atoms with Crippen molar-refractivity contribution in [1.29, 1.82) is 0 Å². The van der Waals surface area contributed by atoms with E-state index < -0.39 is 11.8 Å². The van der Waals surface area contributed by atoms with E-state index in [4.69, 9.17) is 4.74 Å². The van der Waals surface area contributed by atoms with Crippen molar-refractivity contribution in [2.75, 3.05) is 32.8 Å². The average Bonchev–Trinajstić information content (AvgIpc) is 2.74. The summed E-state index contributed by atoms with van der Waals surface area (Å²) in [4.78, 5) is 30.7. The number of nitrogens with one attached hydrogen (secondary N) is 2. The van der Waals surface area contributed by atoms with Gasteiger partial charge in [0, 0.05) is 38.6 Å². The molecule has 7 nitrogen and oxygen atoms in total. The third kappa shape index (κ3) is 5.60. The van der Waals surface area contributed by atoms with Gasteiger partial charge in [0.1, 0.15) is 0 Å². The lowest BCUT2D eigenvalue weighted by molar-refractivity contribution is -0.139. The fraction of sp³-hybridized carbons (Fsp3) is 0.350. The Kier molecular flexibility index (Phi) is 6.90. The Morgan fingerprint density at radius 2 is 1.78 bits per heavy atom. The molecule has 0 unspecified atom stereocenters. The van der Waals surface area contributed by atoms with Crippen LogP contribution in [0, 0.1) is 0 Å². The molecule has 1 saturated heterocycles. The Morgan fingerprint density at radius 3 is 2.48 bits per heavy atom. The minimum atomic E-state index is -0.634. The minimum absolute atomic E-state index is 0.0477. The lowest BCUT2D eigenvalue weighted by atomic mass is 10.1. The minimum Gasteiger partial charge on any atom is -0.379 e. The average molecular weight is 368 g/mol. The molecule has 1 fully saturated rings. The molecule has 0 radical (unpaired) electrons. The molecule has 142 valence electrons. The molecule has 3 rings (SSSR count). The summed E-state index contributed by atoms with van der Waals surface area (Å²) in [5.74, 6) is -1.26. The van der Waals surface area contributed by atoms with Gasteiger partial charge in [0.2, 0.25) is 0 Å². The van der Waals surface area contributed by atoms with Crippen molar-refractivity contribution in [1.82, 2.24) is 20.5 Å². The molecule has 1 aromatic carbocycles. The van der Waals surface area contributed by atoms with E-state index in [1.165, 1.54) is 0 Å². The normalized spacial score (nSPS) is 15.7. The van der Waals surface area contributed by atoms with Gasteiger partial charge >= 0.3 is 11.8 Å². The molecule has 27 heavy (non-hydrogen) atoms. The molecule has 1 aliphatic rings. The molecule has 2 amide bonds. The van der Waals surface area contributed by atoms with E-state index in [-0.39, 0.29) is 6.04 Å². The zero-order valence-electron chi connectivity index (χ0n) is 15.1. The first-order chi connectivity index (χ1) is 13.2. The van der Waals surface area contributed by atoms with Crippen molar-refractivity contribution < 1.29 is 14.3 Å². The molecular weight excluding hydrogens is 344 g/mol. The molecular formula is C20H24N4O3. The van der Waals surface area contributed by atoms with Crippen LogP contribution in [0.5, 0.6) is 0 Å². The molecule has 2 N–H and O–H groups in total. The lowest BCUT2D eigenvalue weighted by Gasteiger charge is -2.34. The van der Waals surface area contributed by atoms with Crippen molar-refractivity contribution in [3.8, 4) is 0 Å². The molecule has 1 atom stereocenters. The number of carbonyl (C=O) groups is 2. The standard InChI is InChI=1S/C20H24N4O3/c25-19(22-13-16-5-2-1-3-6-16)20(26)23-15-18(17-7-4-8-21-14-17)24-9-11-27-12-10-24/h1-8,14,18H,9-13,15H2,(H,22,25)(H,23,26)/t18-/m1/s1. The number of morpholine rings is 1. The summed E-state index contributed by atoms with van der Waals surface area (Å²) in [6.07, 6.45) is 3.51. The molecule has 0 aliphatic carbocycles. The molecule has 2 heterocycles. The second-order valence-corrected chi connectivity index (χ2v) is 6.33. The first-order valence-corrected chi connectivity index (χ1v) is 9.05. The molecule has 0 spiro atoms. The fourth-order valence-corrected chi connectivity index (χ4v) is 3.05. The van der Waals surface area contributed by atoms with Crippen molar-refractivity contribution in [2.24, 2.45) is 0 Å². The van der Waals surface area contributed by atoms with Gasteiger partial charge in [-0.1, -0.05) is 36.4 Å². The number of hydrogen-bond acceptors (Lipinski definition) is 5. The Hall–Kier alpha value is -2.77. The number of amides is 2. The van der Waals surface area contributed by atoms with Crippen LogP contribution in [0.4, 0.5) is 0 Å². The highest BCUT2D eigenvalue weighted by atomic mass is 16.5. The van der Waals surface area contributed by atoms with E-state index in [9.17, 15) is 9.59 Å². The van der Waals surface area contributed by atoms with E-state index in [1.54, 1.807) is 12.4 Å². The number of ether oxygens (including phenoxy) is 1. The SMILES string of the molecule is O=C(NCc1ccccc1)C(=O)NC[C@H](c1cccnc1)N1CCOCC1. The van der Waals surface area contributed by atoms with Crippen LogP contribution in [0.2, 0.25) is 0 Å². The Balaban J connectivity index is 1.55. The highest BCUT2D eigenvalue weighted by Gasteiger charge is 2.24. The zero-order chi connectivity index (χ0) is 18.9. The molecule has 1 aliphatic heterocycles. The van der Waals surface area contributed by atoms with Crippen LogP contribution in [0.1, 0.15) is 17.2 Å². The van der Waals surface area contributed by atoms with Gasteiger partial charge in [0.05, 0.1) is 19.3 Å². The van der Waals surface area contributed by atoms with Crippen molar-refractivity contribution in [2.45, 2.75) is 12.6 Å². The van der Waals surface area contributed by atoms with Gasteiger partial charge in [0.25, 0.3) is 0 Å². The predicted octanol–water partition coefficient (Wildman–Crippen LogP) is 0.887. The number of nitrogens with zero attached hydrogens (tertiary/aromatic N) is 2. The van der Waals surface area contributed by atoms with Crippen LogP contribution in [0.3, 0.4) is 0 Å². The first-order valence-electron chi connectivity index (χ1n) is 9.05. The van der Waals surface area contributed by atoms with Crippen molar-refractivity contribution in [3.05, 3.63) is 66.0 Å². The largest absolute Gasteiger partial charge is 0.379 e. The smallest absolute Gasteiger partial charge is 0.309 e. The van der Waals surface area contributed by atoms with Gasteiger partial charge in [-0.15, -0.1) is 0 Å². The summed E-state index contributed by atoms with van der Waals surface area (Å²) in [5, 5.41) is 5.40. The third-order valence-electron chi connectivity index (χ3n) is 4.51. The maximum atomic E-state index is 12.2. The second-order valence-electron chi connectivity index (χ2n) is 6.33. The van der Waals surface area contributed by atoms with Crippen LogP contribution in [0.15, 0.2) is 54.9 Å². The number of benzene rings is 1. The second kappa shape index (κ2) is 9.80. The topological polar surface area (TPSA) is 83.6 Å². The molecule has 0 bridgehead atoms. The summed E-state index contributed by atoms with van der Waals surface area (Å²) in [7, 11) is 0. The van der Waals surface area contributed by atoms with E-state index in [0.29, 0.717) is 26.3 Å². The Labute approximate surface area is 158 Å². The maximum Gasteiger partial charge on any atom is 0.309 e. The van der Waals surface area contributed by atoms with E-state index in [2.05, 4.69) is 20.5 Å². The van der Waals surface area contributed by atoms with E-state index in [1.807, 2.05) is 42.5 Å². The number of aromatic nitrogens is 1. The van der Waals surface area contributed by atoms with Crippen LogP contribution in [-0.2, 0) is 20.9 Å². The van der Waals surface area contributed by atoms with Crippen LogP contribution < -0.4 is 10.6 Å². The van der Waals surface area contributed by atoms with Gasteiger partial charge in [0.15, 0.2) is 0 Å². The monoisotopic (exact) mass is 368 g/mol. The first kappa shape index (κ1) is 19.0. The van der Waals surface area contributed by atoms with E-state index in [0.717, 1.165) is 24.2 Å². The molecule has 1 aromatic heterocycles.